The summed E-state index contributed by atoms with van der Waals surface area (Å²) in [5.74, 6) is -0.0122. The van der Waals surface area contributed by atoms with Crippen molar-refractivity contribution in [3.8, 4) is 22.6 Å². The summed E-state index contributed by atoms with van der Waals surface area (Å²) in [6, 6.07) is 17.3. The van der Waals surface area contributed by atoms with Crippen LogP contribution in [0.15, 0.2) is 73.1 Å². The van der Waals surface area contributed by atoms with E-state index in [9.17, 15) is 15.2 Å². The fourth-order valence-electron chi connectivity index (χ4n) is 2.19. The first kappa shape index (κ1) is 13.8. The first-order valence-electron chi connectivity index (χ1n) is 6.67. The highest BCUT2D eigenvalue weighted by Crippen LogP contribution is 2.21. The lowest BCUT2D eigenvalue weighted by atomic mass is 10.1. The summed E-state index contributed by atoms with van der Waals surface area (Å²) in [6.45, 7) is 0. The Morgan fingerprint density at radius 1 is 0.773 bits per heavy atom. The van der Waals surface area contributed by atoms with Crippen LogP contribution in [0.2, 0.25) is 0 Å². The van der Waals surface area contributed by atoms with Gasteiger partial charge in [0.15, 0.2) is 12.4 Å². The van der Waals surface area contributed by atoms with E-state index in [1.807, 2.05) is 24.3 Å². The standard InChI is InChI=1S/C17H12N2O3/c20-17-7-3-14(4-8-17)13-1-5-15(6-2-13)18-11-9-16(10-12-18)19(21)22/h1-12H. The minimum atomic E-state index is -0.423. The number of hydrogen-bond acceptors (Lipinski definition) is 3. The summed E-state index contributed by atoms with van der Waals surface area (Å²) >= 11 is 0. The van der Waals surface area contributed by atoms with E-state index < -0.39 is 4.92 Å². The van der Waals surface area contributed by atoms with Gasteiger partial charge >= 0.3 is 0 Å². The van der Waals surface area contributed by atoms with Gasteiger partial charge in [0.2, 0.25) is 5.69 Å². The molecule has 0 aliphatic rings. The van der Waals surface area contributed by atoms with Gasteiger partial charge in [0.25, 0.3) is 5.69 Å². The van der Waals surface area contributed by atoms with Crippen LogP contribution in [0.25, 0.3) is 16.8 Å². The van der Waals surface area contributed by atoms with Crippen molar-refractivity contribution in [3.05, 3.63) is 83.2 Å². The van der Waals surface area contributed by atoms with Gasteiger partial charge in [0, 0.05) is 12.1 Å². The minimum Gasteiger partial charge on any atom is -0.872 e. The SMILES string of the molecule is O=[N+]([O-])c1cc[n+](-c2ccc(-c3ccc([O-])cc3)cc2)cc1. The Morgan fingerprint density at radius 2 is 1.27 bits per heavy atom. The first-order valence-corrected chi connectivity index (χ1v) is 6.67. The van der Waals surface area contributed by atoms with Crippen LogP contribution in [0, 0.1) is 10.1 Å². The monoisotopic (exact) mass is 292 g/mol. The Kier molecular flexibility index (Phi) is 3.53. The number of nitrogens with zero attached hydrogens (tertiary/aromatic N) is 2. The number of nitro groups is 1. The molecule has 0 unspecified atom stereocenters. The quantitative estimate of drug-likeness (QED) is 0.423. The second-order valence-corrected chi connectivity index (χ2v) is 4.79. The maximum atomic E-state index is 11.1. The van der Waals surface area contributed by atoms with E-state index in [1.165, 1.54) is 24.3 Å². The second kappa shape index (κ2) is 5.65. The van der Waals surface area contributed by atoms with Crippen LogP contribution in [0.4, 0.5) is 5.69 Å². The molecule has 3 aromatic rings. The molecular weight excluding hydrogens is 280 g/mol. The average Bonchev–Trinajstić information content (AvgIpc) is 2.56. The van der Waals surface area contributed by atoms with E-state index in [0.29, 0.717) is 0 Å². The van der Waals surface area contributed by atoms with Crippen LogP contribution in [-0.2, 0) is 0 Å². The third-order valence-corrected chi connectivity index (χ3v) is 3.38. The Hall–Kier alpha value is -3.21. The molecule has 1 aromatic heterocycles. The van der Waals surface area contributed by atoms with E-state index >= 15 is 0 Å². The molecule has 0 fully saturated rings. The summed E-state index contributed by atoms with van der Waals surface area (Å²) in [5.41, 5.74) is 2.94. The molecular formula is C17H12N2O3. The third kappa shape index (κ3) is 2.78. The number of rotatable bonds is 3. The summed E-state index contributed by atoms with van der Waals surface area (Å²) in [5, 5.41) is 21.8. The molecule has 0 aliphatic heterocycles. The summed E-state index contributed by atoms with van der Waals surface area (Å²) in [7, 11) is 0. The van der Waals surface area contributed by atoms with Crippen molar-refractivity contribution in [2.24, 2.45) is 0 Å². The van der Waals surface area contributed by atoms with Gasteiger partial charge in [0.05, 0.1) is 17.1 Å². The number of pyridine rings is 1. The van der Waals surface area contributed by atoms with Gasteiger partial charge in [-0.05, 0) is 23.3 Å². The maximum absolute atomic E-state index is 11.1. The van der Waals surface area contributed by atoms with E-state index in [0.717, 1.165) is 16.8 Å². The van der Waals surface area contributed by atoms with Crippen LogP contribution < -0.4 is 9.67 Å². The van der Waals surface area contributed by atoms with Crippen molar-refractivity contribution >= 4 is 5.69 Å². The van der Waals surface area contributed by atoms with Crippen molar-refractivity contribution in [3.63, 3.8) is 0 Å². The molecule has 0 N–H and O–H groups in total. The molecule has 1 heterocycles. The predicted molar refractivity (Wildman–Crippen MR) is 79.5 cm³/mol. The summed E-state index contributed by atoms with van der Waals surface area (Å²) < 4.78 is 1.80. The molecule has 0 atom stereocenters. The zero-order valence-corrected chi connectivity index (χ0v) is 11.5. The molecule has 0 spiro atoms. The number of benzene rings is 2. The van der Waals surface area contributed by atoms with Crippen LogP contribution in [0.3, 0.4) is 0 Å². The summed E-state index contributed by atoms with van der Waals surface area (Å²) in [4.78, 5) is 10.2. The van der Waals surface area contributed by atoms with Gasteiger partial charge in [-0.2, -0.15) is 4.57 Å². The van der Waals surface area contributed by atoms with Crippen molar-refractivity contribution < 1.29 is 14.6 Å². The highest BCUT2D eigenvalue weighted by molar-refractivity contribution is 5.64. The molecule has 5 nitrogen and oxygen atoms in total. The molecule has 0 aliphatic carbocycles. The largest absolute Gasteiger partial charge is 0.872 e. The number of hydrogen-bond donors (Lipinski definition) is 0. The molecule has 3 rings (SSSR count). The van der Waals surface area contributed by atoms with E-state index in [4.69, 9.17) is 0 Å². The molecule has 0 saturated carbocycles. The predicted octanol–water partition coefficient (Wildman–Crippen LogP) is 2.61. The average molecular weight is 292 g/mol. The van der Waals surface area contributed by atoms with Crippen LogP contribution in [-0.4, -0.2) is 4.92 Å². The van der Waals surface area contributed by atoms with Gasteiger partial charge in [-0.3, -0.25) is 10.1 Å². The number of aromatic nitrogens is 1. The lowest BCUT2D eigenvalue weighted by Gasteiger charge is -2.06. The molecule has 108 valence electrons. The van der Waals surface area contributed by atoms with Crippen molar-refractivity contribution in [2.75, 3.05) is 0 Å². The lowest BCUT2D eigenvalue weighted by molar-refractivity contribution is -0.596. The van der Waals surface area contributed by atoms with E-state index in [1.54, 1.807) is 29.1 Å². The van der Waals surface area contributed by atoms with Gasteiger partial charge in [-0.1, -0.05) is 24.3 Å². The zero-order chi connectivity index (χ0) is 15.5. The highest BCUT2D eigenvalue weighted by atomic mass is 16.6. The Labute approximate surface area is 126 Å². The third-order valence-electron chi connectivity index (χ3n) is 3.38. The smallest absolute Gasteiger partial charge is 0.281 e. The highest BCUT2D eigenvalue weighted by Gasteiger charge is 2.10. The van der Waals surface area contributed by atoms with E-state index in [-0.39, 0.29) is 11.4 Å². The maximum Gasteiger partial charge on any atom is 0.281 e. The molecule has 0 saturated heterocycles. The molecule has 22 heavy (non-hydrogen) atoms. The van der Waals surface area contributed by atoms with Crippen molar-refractivity contribution in [2.45, 2.75) is 0 Å². The Balaban J connectivity index is 1.87. The fourth-order valence-corrected chi connectivity index (χ4v) is 2.19. The Bertz CT molecular complexity index is 795. The lowest BCUT2D eigenvalue weighted by Crippen LogP contribution is -2.29. The molecule has 0 bridgehead atoms. The van der Waals surface area contributed by atoms with E-state index in [2.05, 4.69) is 0 Å². The first-order chi connectivity index (χ1) is 10.6. The second-order valence-electron chi connectivity index (χ2n) is 4.79. The molecule has 5 heteroatoms. The van der Waals surface area contributed by atoms with Gasteiger partial charge in [-0.15, -0.1) is 5.75 Å². The molecule has 0 radical (unpaired) electrons. The summed E-state index contributed by atoms with van der Waals surface area (Å²) in [6.07, 6.45) is 3.30. The van der Waals surface area contributed by atoms with Crippen molar-refractivity contribution in [1.29, 1.82) is 0 Å². The zero-order valence-electron chi connectivity index (χ0n) is 11.5. The molecule has 0 amide bonds. The Morgan fingerprint density at radius 3 is 1.77 bits per heavy atom. The van der Waals surface area contributed by atoms with Gasteiger partial charge in [0.1, 0.15) is 0 Å². The van der Waals surface area contributed by atoms with Crippen LogP contribution in [0.5, 0.6) is 5.75 Å². The van der Waals surface area contributed by atoms with Crippen LogP contribution in [0.1, 0.15) is 0 Å². The van der Waals surface area contributed by atoms with Gasteiger partial charge < -0.3 is 5.11 Å². The minimum absolute atomic E-state index is 0.0122. The fraction of sp³-hybridized carbons (Fsp3) is 0. The van der Waals surface area contributed by atoms with Gasteiger partial charge in [-0.25, -0.2) is 0 Å². The van der Waals surface area contributed by atoms with Crippen LogP contribution >= 0.6 is 0 Å². The van der Waals surface area contributed by atoms with Crippen molar-refractivity contribution in [1.82, 2.24) is 0 Å². The normalized spacial score (nSPS) is 10.4. The molecule has 2 aromatic carbocycles. The topological polar surface area (TPSA) is 70.1 Å².